The van der Waals surface area contributed by atoms with Crippen LogP contribution in [-0.4, -0.2) is 21.2 Å². The van der Waals surface area contributed by atoms with Gasteiger partial charge in [0.2, 0.25) is 0 Å². The van der Waals surface area contributed by atoms with Crippen molar-refractivity contribution in [2.24, 2.45) is 0 Å². The summed E-state index contributed by atoms with van der Waals surface area (Å²) in [6.07, 6.45) is 0. The zero-order valence-electron chi connectivity index (χ0n) is 13.7. The van der Waals surface area contributed by atoms with Gasteiger partial charge in [0.05, 0.1) is 5.56 Å². The second-order valence-electron chi connectivity index (χ2n) is 5.67. The van der Waals surface area contributed by atoms with Crippen LogP contribution >= 0.6 is 0 Å². The third-order valence-corrected chi connectivity index (χ3v) is 3.81. The number of esters is 1. The Morgan fingerprint density at radius 1 is 1.16 bits per heavy atom. The Balaban J connectivity index is 1.46. The Labute approximate surface area is 142 Å². The van der Waals surface area contributed by atoms with Crippen molar-refractivity contribution in [2.45, 2.75) is 20.5 Å². The highest BCUT2D eigenvalue weighted by Crippen LogP contribution is 2.25. The Kier molecular flexibility index (Phi) is 3.61. The minimum atomic E-state index is -0.480. The number of H-pyrrole nitrogens is 1. The quantitative estimate of drug-likeness (QED) is 0.569. The molecule has 1 N–H and O–H groups in total. The van der Waals surface area contributed by atoms with E-state index < -0.39 is 5.97 Å². The number of benzene rings is 1. The van der Waals surface area contributed by atoms with Crippen molar-refractivity contribution in [1.82, 2.24) is 15.2 Å². The lowest BCUT2D eigenvalue weighted by Gasteiger charge is -1.99. The molecule has 3 heterocycles. The molecule has 0 amide bonds. The maximum absolute atomic E-state index is 12.2. The molecule has 1 aromatic carbocycles. The van der Waals surface area contributed by atoms with E-state index in [1.54, 1.807) is 6.07 Å². The smallest absolute Gasteiger partial charge is 0.355 e. The number of carbonyl (C=O) groups is 1. The summed E-state index contributed by atoms with van der Waals surface area (Å²) in [6, 6.07) is 11.2. The van der Waals surface area contributed by atoms with Crippen LogP contribution in [0.3, 0.4) is 0 Å². The molecular weight excluding hydrogens is 322 g/mol. The van der Waals surface area contributed by atoms with Gasteiger partial charge >= 0.3 is 5.97 Å². The second-order valence-corrected chi connectivity index (χ2v) is 5.67. The van der Waals surface area contributed by atoms with Gasteiger partial charge < -0.3 is 18.6 Å². The van der Waals surface area contributed by atoms with E-state index in [0.717, 1.165) is 22.2 Å². The summed E-state index contributed by atoms with van der Waals surface area (Å²) in [6.45, 7) is 3.56. The molecule has 0 atom stereocenters. The van der Waals surface area contributed by atoms with Gasteiger partial charge in [0.1, 0.15) is 17.2 Å². The molecule has 0 unspecified atom stereocenters. The van der Waals surface area contributed by atoms with E-state index in [0.29, 0.717) is 17.3 Å². The summed E-state index contributed by atoms with van der Waals surface area (Å²) in [4.78, 5) is 15.2. The molecule has 0 spiro atoms. The van der Waals surface area contributed by atoms with Crippen LogP contribution < -0.4 is 0 Å². The van der Waals surface area contributed by atoms with Crippen molar-refractivity contribution in [2.75, 3.05) is 0 Å². The first kappa shape index (κ1) is 15.2. The highest BCUT2D eigenvalue weighted by molar-refractivity contribution is 5.94. The van der Waals surface area contributed by atoms with Crippen LogP contribution in [0.25, 0.3) is 22.4 Å². The van der Waals surface area contributed by atoms with E-state index >= 15 is 0 Å². The molecule has 0 saturated heterocycles. The summed E-state index contributed by atoms with van der Waals surface area (Å²) in [5.41, 5.74) is 1.99. The van der Waals surface area contributed by atoms with E-state index in [-0.39, 0.29) is 12.5 Å². The van der Waals surface area contributed by atoms with Crippen molar-refractivity contribution in [3.8, 4) is 11.5 Å². The van der Waals surface area contributed by atoms with Crippen LogP contribution in [0.15, 0.2) is 45.2 Å². The highest BCUT2D eigenvalue weighted by atomic mass is 16.5. The lowest BCUT2D eigenvalue weighted by molar-refractivity contribution is 0.0433. The number of aromatic nitrogens is 3. The summed E-state index contributed by atoms with van der Waals surface area (Å²) in [5.74, 6) is 1.54. The van der Waals surface area contributed by atoms with Crippen molar-refractivity contribution < 1.29 is 18.4 Å². The Morgan fingerprint density at radius 3 is 2.76 bits per heavy atom. The molecule has 0 fully saturated rings. The number of rotatable bonds is 4. The number of aromatic amines is 1. The molecule has 7 heteroatoms. The van der Waals surface area contributed by atoms with Crippen LogP contribution in [0.5, 0.6) is 0 Å². The predicted molar refractivity (Wildman–Crippen MR) is 88.9 cm³/mol. The number of aryl methyl sites for hydroxylation is 2. The molecule has 3 aromatic heterocycles. The van der Waals surface area contributed by atoms with Gasteiger partial charge in [-0.3, -0.25) is 0 Å². The maximum Gasteiger partial charge on any atom is 0.355 e. The van der Waals surface area contributed by atoms with Gasteiger partial charge in [0.25, 0.3) is 11.8 Å². The van der Waals surface area contributed by atoms with E-state index in [2.05, 4.69) is 15.2 Å². The van der Waals surface area contributed by atoms with Crippen molar-refractivity contribution in [3.63, 3.8) is 0 Å². The summed E-state index contributed by atoms with van der Waals surface area (Å²) >= 11 is 0. The summed E-state index contributed by atoms with van der Waals surface area (Å²) in [5, 5.41) is 8.82. The molecular formula is C18H15N3O4. The van der Waals surface area contributed by atoms with Crippen LogP contribution in [-0.2, 0) is 11.3 Å². The fourth-order valence-corrected chi connectivity index (χ4v) is 2.65. The number of ether oxygens (including phenoxy) is 1. The van der Waals surface area contributed by atoms with Gasteiger partial charge in [-0.05, 0) is 32.0 Å². The number of nitrogens with zero attached hydrogens (tertiary/aromatic N) is 2. The monoisotopic (exact) mass is 337 g/mol. The van der Waals surface area contributed by atoms with Crippen LogP contribution in [0, 0.1) is 13.8 Å². The first-order valence-electron chi connectivity index (χ1n) is 7.75. The number of furan rings is 1. The molecule has 0 aliphatic heterocycles. The van der Waals surface area contributed by atoms with Gasteiger partial charge in [-0.2, -0.15) is 0 Å². The normalized spacial score (nSPS) is 11.1. The molecule has 126 valence electrons. The number of carbonyl (C=O) groups excluding carboxylic acids is 1. The highest BCUT2D eigenvalue weighted by Gasteiger charge is 2.16. The molecule has 4 rings (SSSR count). The fourth-order valence-electron chi connectivity index (χ4n) is 2.65. The molecule has 25 heavy (non-hydrogen) atoms. The van der Waals surface area contributed by atoms with E-state index in [9.17, 15) is 4.79 Å². The average Bonchev–Trinajstić information content (AvgIpc) is 3.30. The van der Waals surface area contributed by atoms with Crippen LogP contribution in [0.2, 0.25) is 0 Å². The minimum Gasteiger partial charge on any atom is -0.466 e. The maximum atomic E-state index is 12.2. The second kappa shape index (κ2) is 5.94. The van der Waals surface area contributed by atoms with E-state index in [1.807, 2.05) is 44.2 Å². The predicted octanol–water partition coefficient (Wildman–Crippen LogP) is 3.78. The van der Waals surface area contributed by atoms with Crippen molar-refractivity contribution in [1.29, 1.82) is 0 Å². The Hall–Kier alpha value is -3.35. The van der Waals surface area contributed by atoms with Gasteiger partial charge in [0.15, 0.2) is 6.61 Å². The van der Waals surface area contributed by atoms with E-state index in [4.69, 9.17) is 13.6 Å². The van der Waals surface area contributed by atoms with Crippen molar-refractivity contribution >= 4 is 16.9 Å². The Morgan fingerprint density at radius 2 is 2.00 bits per heavy atom. The number of hydrogen-bond donors (Lipinski definition) is 1. The van der Waals surface area contributed by atoms with Gasteiger partial charge in [-0.25, -0.2) is 4.79 Å². The third kappa shape index (κ3) is 2.91. The number of fused-ring (bicyclic) bond motifs is 1. The summed E-state index contributed by atoms with van der Waals surface area (Å²) < 4.78 is 16.2. The molecule has 0 aliphatic rings. The van der Waals surface area contributed by atoms with Crippen LogP contribution in [0.1, 0.15) is 27.9 Å². The zero-order valence-corrected chi connectivity index (χ0v) is 13.7. The molecule has 7 nitrogen and oxygen atoms in total. The molecule has 0 aliphatic carbocycles. The minimum absolute atomic E-state index is 0.100. The fraction of sp³-hybridized carbons (Fsp3) is 0.167. The van der Waals surface area contributed by atoms with Gasteiger partial charge in [-0.1, -0.05) is 18.2 Å². The average molecular weight is 337 g/mol. The third-order valence-electron chi connectivity index (χ3n) is 3.81. The molecule has 4 aromatic rings. The van der Waals surface area contributed by atoms with Crippen LogP contribution in [0.4, 0.5) is 0 Å². The zero-order chi connectivity index (χ0) is 17.4. The van der Waals surface area contributed by atoms with Crippen molar-refractivity contribution in [3.05, 3.63) is 59.5 Å². The number of nitrogens with one attached hydrogen (secondary N) is 1. The van der Waals surface area contributed by atoms with Gasteiger partial charge in [-0.15, -0.1) is 10.2 Å². The van der Waals surface area contributed by atoms with E-state index in [1.165, 1.54) is 0 Å². The summed E-state index contributed by atoms with van der Waals surface area (Å²) in [7, 11) is 0. The van der Waals surface area contributed by atoms with Gasteiger partial charge in [0, 0.05) is 10.9 Å². The molecule has 0 bridgehead atoms. The molecule has 0 saturated carbocycles. The first-order valence-corrected chi connectivity index (χ1v) is 7.75. The number of hydrogen-bond acceptors (Lipinski definition) is 6. The lowest BCUT2D eigenvalue weighted by Crippen LogP contribution is -2.05. The standard InChI is InChI=1S/C18H15N3O4/c1-10-7-13(11(2)24-10)17-21-20-16(25-17)9-23-18(22)15-8-12-5-3-4-6-14(12)19-15/h3-8,19H,9H2,1-2H3. The first-order chi connectivity index (χ1) is 12.1. The lowest BCUT2D eigenvalue weighted by atomic mass is 10.2. The topological polar surface area (TPSA) is 94.2 Å². The SMILES string of the molecule is Cc1cc(-c2nnc(COC(=O)c3cc4ccccc4[nH]3)o2)c(C)o1. The molecule has 0 radical (unpaired) electrons. The Bertz CT molecular complexity index is 1020. The number of para-hydroxylation sites is 1. The largest absolute Gasteiger partial charge is 0.466 e.